The van der Waals surface area contributed by atoms with E-state index in [1.807, 2.05) is 12.1 Å². The number of ether oxygens (including phenoxy) is 2. The third kappa shape index (κ3) is 5.98. The molecule has 0 radical (unpaired) electrons. The smallest absolute Gasteiger partial charge is 0.416 e. The standard InChI is InChI=1S/C19H18F3N5O3S/c1-29-14-7-6-11(8-15(14)30-2)10-23-17-26-27-18(31-17)25-16(28)24-13-5-3-4-12(9-13)19(20,21)22/h3-9H,10H2,1-2H3,(H,23,26)(H2,24,25,27,28). The fourth-order valence-electron chi connectivity index (χ4n) is 2.55. The summed E-state index contributed by atoms with van der Waals surface area (Å²) in [6.45, 7) is 0.422. The Morgan fingerprint density at radius 2 is 1.74 bits per heavy atom. The van der Waals surface area contributed by atoms with E-state index in [1.54, 1.807) is 20.3 Å². The Labute approximate surface area is 179 Å². The van der Waals surface area contributed by atoms with Gasteiger partial charge in [0.25, 0.3) is 0 Å². The number of aromatic nitrogens is 2. The fraction of sp³-hybridized carbons (Fsp3) is 0.211. The summed E-state index contributed by atoms with van der Waals surface area (Å²) < 4.78 is 48.7. The van der Waals surface area contributed by atoms with E-state index in [2.05, 4.69) is 26.1 Å². The Morgan fingerprint density at radius 1 is 1.00 bits per heavy atom. The van der Waals surface area contributed by atoms with Crippen LogP contribution >= 0.6 is 11.3 Å². The lowest BCUT2D eigenvalue weighted by atomic mass is 10.2. The number of carbonyl (C=O) groups excluding carboxylic acids is 1. The molecule has 164 valence electrons. The van der Waals surface area contributed by atoms with Crippen LogP contribution in [0.5, 0.6) is 11.5 Å². The van der Waals surface area contributed by atoms with Gasteiger partial charge in [-0.3, -0.25) is 5.32 Å². The molecule has 3 aromatic rings. The predicted molar refractivity (Wildman–Crippen MR) is 111 cm³/mol. The molecule has 1 aromatic heterocycles. The Morgan fingerprint density at radius 3 is 2.45 bits per heavy atom. The number of rotatable bonds is 7. The number of methoxy groups -OCH3 is 2. The lowest BCUT2D eigenvalue weighted by Gasteiger charge is -2.10. The molecule has 0 spiro atoms. The average Bonchev–Trinajstić information content (AvgIpc) is 3.18. The number of nitrogens with zero attached hydrogens (tertiary/aromatic N) is 2. The second kappa shape index (κ2) is 9.51. The normalized spacial score (nSPS) is 11.0. The van der Waals surface area contributed by atoms with Crippen LogP contribution in [0, 0.1) is 0 Å². The predicted octanol–water partition coefficient (Wildman–Crippen LogP) is 4.83. The maximum atomic E-state index is 12.8. The van der Waals surface area contributed by atoms with Gasteiger partial charge in [0.2, 0.25) is 10.3 Å². The first-order valence-electron chi connectivity index (χ1n) is 8.82. The van der Waals surface area contributed by atoms with Crippen molar-refractivity contribution in [2.45, 2.75) is 12.7 Å². The third-order valence-corrected chi connectivity index (χ3v) is 4.78. The Hall–Kier alpha value is -3.54. The number of amides is 2. The quantitative estimate of drug-likeness (QED) is 0.474. The molecule has 31 heavy (non-hydrogen) atoms. The molecule has 8 nitrogen and oxygen atoms in total. The maximum Gasteiger partial charge on any atom is 0.416 e. The molecular formula is C19H18F3N5O3S. The molecule has 0 atom stereocenters. The van der Waals surface area contributed by atoms with Crippen molar-refractivity contribution in [1.82, 2.24) is 10.2 Å². The van der Waals surface area contributed by atoms with E-state index in [1.165, 1.54) is 12.1 Å². The SMILES string of the molecule is COc1ccc(CNc2nnc(NC(=O)Nc3cccc(C(F)(F)F)c3)s2)cc1OC. The molecule has 12 heteroatoms. The number of alkyl halides is 3. The van der Waals surface area contributed by atoms with E-state index in [0.29, 0.717) is 23.2 Å². The topological polar surface area (TPSA) is 97.4 Å². The van der Waals surface area contributed by atoms with Gasteiger partial charge >= 0.3 is 12.2 Å². The number of benzene rings is 2. The lowest BCUT2D eigenvalue weighted by molar-refractivity contribution is -0.137. The van der Waals surface area contributed by atoms with E-state index in [4.69, 9.17) is 9.47 Å². The molecule has 0 aliphatic rings. The van der Waals surface area contributed by atoms with Crippen molar-refractivity contribution in [3.63, 3.8) is 0 Å². The zero-order valence-electron chi connectivity index (χ0n) is 16.4. The number of halogens is 3. The number of hydrogen-bond donors (Lipinski definition) is 3. The highest BCUT2D eigenvalue weighted by Crippen LogP contribution is 2.31. The summed E-state index contributed by atoms with van der Waals surface area (Å²) in [5.74, 6) is 1.20. The van der Waals surface area contributed by atoms with E-state index >= 15 is 0 Å². The van der Waals surface area contributed by atoms with E-state index in [-0.39, 0.29) is 10.8 Å². The summed E-state index contributed by atoms with van der Waals surface area (Å²) in [5, 5.41) is 16.2. The molecule has 2 amide bonds. The Bertz CT molecular complexity index is 1060. The van der Waals surface area contributed by atoms with Crippen molar-refractivity contribution in [3.8, 4) is 11.5 Å². The van der Waals surface area contributed by atoms with Crippen LogP contribution in [0.2, 0.25) is 0 Å². The van der Waals surface area contributed by atoms with Crippen LogP contribution in [0.15, 0.2) is 42.5 Å². The van der Waals surface area contributed by atoms with Gasteiger partial charge in [-0.1, -0.05) is 23.5 Å². The van der Waals surface area contributed by atoms with Crippen molar-refractivity contribution in [2.75, 3.05) is 30.2 Å². The third-order valence-electron chi connectivity index (χ3n) is 3.98. The molecule has 0 aliphatic heterocycles. The Balaban J connectivity index is 1.56. The van der Waals surface area contributed by atoms with Crippen LogP contribution in [0.3, 0.4) is 0 Å². The average molecular weight is 453 g/mol. The molecule has 0 aliphatic carbocycles. The molecular weight excluding hydrogens is 435 g/mol. The number of anilines is 3. The summed E-state index contributed by atoms with van der Waals surface area (Å²) >= 11 is 1.07. The molecule has 0 saturated heterocycles. The van der Waals surface area contributed by atoms with Crippen molar-refractivity contribution < 1.29 is 27.4 Å². The first-order valence-corrected chi connectivity index (χ1v) is 9.63. The van der Waals surface area contributed by atoms with Crippen molar-refractivity contribution in [3.05, 3.63) is 53.6 Å². The highest BCUT2D eigenvalue weighted by Gasteiger charge is 2.30. The second-order valence-electron chi connectivity index (χ2n) is 6.11. The van der Waals surface area contributed by atoms with Crippen molar-refractivity contribution >= 4 is 33.3 Å². The van der Waals surface area contributed by atoms with Gasteiger partial charge in [0, 0.05) is 12.2 Å². The highest BCUT2D eigenvalue weighted by atomic mass is 32.1. The minimum atomic E-state index is -4.50. The molecule has 0 bridgehead atoms. The molecule has 0 fully saturated rings. The van der Waals surface area contributed by atoms with Gasteiger partial charge in [0.05, 0.1) is 19.8 Å². The van der Waals surface area contributed by atoms with Crippen molar-refractivity contribution in [1.29, 1.82) is 0 Å². The molecule has 3 N–H and O–H groups in total. The largest absolute Gasteiger partial charge is 0.493 e. The van der Waals surface area contributed by atoms with Crippen LogP contribution in [0.25, 0.3) is 0 Å². The zero-order valence-corrected chi connectivity index (χ0v) is 17.2. The summed E-state index contributed by atoms with van der Waals surface area (Å²) in [7, 11) is 3.09. The Kier molecular flexibility index (Phi) is 6.80. The summed E-state index contributed by atoms with van der Waals surface area (Å²) in [6.07, 6.45) is -4.50. The number of carbonyl (C=O) groups is 1. The van der Waals surface area contributed by atoms with Crippen LogP contribution in [0.4, 0.5) is 33.9 Å². The van der Waals surface area contributed by atoms with Crippen molar-refractivity contribution in [2.24, 2.45) is 0 Å². The molecule has 1 heterocycles. The lowest BCUT2D eigenvalue weighted by Crippen LogP contribution is -2.19. The van der Waals surface area contributed by atoms with E-state index in [9.17, 15) is 18.0 Å². The first-order chi connectivity index (χ1) is 14.8. The zero-order chi connectivity index (χ0) is 22.4. The van der Waals surface area contributed by atoms with E-state index in [0.717, 1.165) is 29.0 Å². The van der Waals surface area contributed by atoms with Gasteiger partial charge in [-0.05, 0) is 35.9 Å². The van der Waals surface area contributed by atoms with Gasteiger partial charge in [-0.2, -0.15) is 13.2 Å². The monoisotopic (exact) mass is 453 g/mol. The molecule has 0 unspecified atom stereocenters. The van der Waals surface area contributed by atoms with Gasteiger partial charge in [-0.15, -0.1) is 10.2 Å². The first kappa shape index (κ1) is 22.2. The summed E-state index contributed by atoms with van der Waals surface area (Å²) in [6, 6.07) is 9.04. The molecule has 2 aromatic carbocycles. The maximum absolute atomic E-state index is 12.8. The van der Waals surface area contributed by atoms with E-state index < -0.39 is 17.8 Å². The van der Waals surface area contributed by atoms with Gasteiger partial charge in [0.15, 0.2) is 11.5 Å². The van der Waals surface area contributed by atoms with Crippen LogP contribution in [-0.4, -0.2) is 30.4 Å². The number of hydrogen-bond acceptors (Lipinski definition) is 7. The van der Waals surface area contributed by atoms with Gasteiger partial charge in [0.1, 0.15) is 0 Å². The van der Waals surface area contributed by atoms with Gasteiger partial charge in [-0.25, -0.2) is 4.79 Å². The van der Waals surface area contributed by atoms with Gasteiger partial charge < -0.3 is 20.1 Å². The van der Waals surface area contributed by atoms with Crippen LogP contribution in [0.1, 0.15) is 11.1 Å². The number of urea groups is 1. The second-order valence-corrected chi connectivity index (χ2v) is 7.09. The minimum absolute atomic E-state index is 0.00337. The van der Waals surface area contributed by atoms with Crippen LogP contribution in [-0.2, 0) is 12.7 Å². The molecule has 3 rings (SSSR count). The molecule has 0 saturated carbocycles. The van der Waals surface area contributed by atoms with Crippen LogP contribution < -0.4 is 25.4 Å². The summed E-state index contributed by atoms with van der Waals surface area (Å²) in [4.78, 5) is 12.1. The highest BCUT2D eigenvalue weighted by molar-refractivity contribution is 7.19. The number of nitrogens with one attached hydrogen (secondary N) is 3. The minimum Gasteiger partial charge on any atom is -0.493 e. The fourth-order valence-corrected chi connectivity index (χ4v) is 3.18. The summed E-state index contributed by atoms with van der Waals surface area (Å²) in [5.41, 5.74) is 0.0520.